The number of fused-ring (bicyclic) bond motifs is 1. The van der Waals surface area contributed by atoms with Gasteiger partial charge in [-0.05, 0) is 75.0 Å². The molecule has 3 aromatic rings. The highest BCUT2D eigenvalue weighted by molar-refractivity contribution is 6.03. The Labute approximate surface area is 271 Å². The summed E-state index contributed by atoms with van der Waals surface area (Å²) in [6.07, 6.45) is 10.5. The minimum atomic E-state index is -0.232. The summed E-state index contributed by atoms with van der Waals surface area (Å²) in [6.45, 7) is 8.76. The maximum absolute atomic E-state index is 13.1. The lowest BCUT2D eigenvalue weighted by molar-refractivity contribution is 0.0780. The van der Waals surface area contributed by atoms with Gasteiger partial charge < -0.3 is 30.7 Å². The highest BCUT2D eigenvalue weighted by Gasteiger charge is 2.23. The van der Waals surface area contributed by atoms with Crippen molar-refractivity contribution >= 4 is 29.3 Å². The van der Waals surface area contributed by atoms with Gasteiger partial charge in [-0.3, -0.25) is 9.69 Å². The second-order valence-corrected chi connectivity index (χ2v) is 11.7. The van der Waals surface area contributed by atoms with E-state index in [1.54, 1.807) is 24.5 Å². The van der Waals surface area contributed by atoms with E-state index in [4.69, 9.17) is 20.2 Å². The summed E-state index contributed by atoms with van der Waals surface area (Å²) in [7, 11) is 4.26. The highest BCUT2D eigenvalue weighted by Crippen LogP contribution is 2.37. The molecule has 11 heteroatoms. The Morgan fingerprint density at radius 2 is 2.07 bits per heavy atom. The van der Waals surface area contributed by atoms with Gasteiger partial charge in [-0.25, -0.2) is 15.0 Å². The van der Waals surface area contributed by atoms with Crippen molar-refractivity contribution < 1.29 is 14.3 Å². The molecule has 0 spiro atoms. The number of nitrogens with zero attached hydrogens (tertiary/aromatic N) is 5. The van der Waals surface area contributed by atoms with Crippen LogP contribution in [0.3, 0.4) is 0 Å². The van der Waals surface area contributed by atoms with Crippen molar-refractivity contribution in [3.63, 3.8) is 0 Å². The average molecular weight is 625 g/mol. The average Bonchev–Trinajstić information content (AvgIpc) is 3.55. The van der Waals surface area contributed by atoms with Crippen molar-refractivity contribution in [3.05, 3.63) is 89.0 Å². The summed E-state index contributed by atoms with van der Waals surface area (Å²) in [5.41, 5.74) is 10.3. The van der Waals surface area contributed by atoms with Gasteiger partial charge in [0.2, 0.25) is 0 Å². The Kier molecular flexibility index (Phi) is 11.0. The summed E-state index contributed by atoms with van der Waals surface area (Å²) in [6, 6.07) is 11.4. The molecule has 0 radical (unpaired) electrons. The van der Waals surface area contributed by atoms with E-state index < -0.39 is 0 Å². The lowest BCUT2D eigenvalue weighted by Gasteiger charge is -2.37. The van der Waals surface area contributed by atoms with E-state index in [0.717, 1.165) is 66.3 Å². The van der Waals surface area contributed by atoms with Crippen molar-refractivity contribution in [2.24, 2.45) is 10.7 Å². The van der Waals surface area contributed by atoms with Crippen LogP contribution in [0, 0.1) is 0 Å². The van der Waals surface area contributed by atoms with E-state index in [2.05, 4.69) is 44.5 Å². The van der Waals surface area contributed by atoms with Gasteiger partial charge in [0, 0.05) is 61.7 Å². The molecular weight excluding hydrogens is 580 g/mol. The molecule has 11 nitrogen and oxygen atoms in total. The number of allylic oxidation sites excluding steroid dienone is 3. The zero-order valence-electron chi connectivity index (χ0n) is 27.1. The van der Waals surface area contributed by atoms with Crippen LogP contribution in [0.2, 0.25) is 0 Å². The molecule has 1 unspecified atom stereocenters. The molecule has 2 aliphatic rings. The first-order valence-electron chi connectivity index (χ1n) is 15.7. The molecule has 4 N–H and O–H groups in total. The minimum absolute atomic E-state index is 0.232. The second-order valence-electron chi connectivity index (χ2n) is 11.7. The first-order chi connectivity index (χ1) is 22.3. The number of ether oxygens (including phenoxy) is 2. The van der Waals surface area contributed by atoms with Crippen molar-refractivity contribution in [2.75, 3.05) is 57.6 Å². The van der Waals surface area contributed by atoms with Gasteiger partial charge in [-0.15, -0.1) is 0 Å². The lowest BCUT2D eigenvalue weighted by atomic mass is 10.0. The summed E-state index contributed by atoms with van der Waals surface area (Å²) >= 11 is 0. The Hall–Kier alpha value is -4.74. The Balaban J connectivity index is 1.17. The van der Waals surface area contributed by atoms with Crippen LogP contribution in [0.4, 0.5) is 11.6 Å². The van der Waals surface area contributed by atoms with Crippen molar-refractivity contribution in [1.29, 1.82) is 0 Å². The third-order valence-corrected chi connectivity index (χ3v) is 8.16. The van der Waals surface area contributed by atoms with Crippen LogP contribution >= 0.6 is 0 Å². The normalized spacial score (nSPS) is 17.5. The van der Waals surface area contributed by atoms with E-state index >= 15 is 0 Å². The number of hydrogen-bond donors (Lipinski definition) is 3. The fraction of sp³-hybridized carbons (Fsp3) is 0.371. The molecule has 46 heavy (non-hydrogen) atoms. The van der Waals surface area contributed by atoms with Crippen LogP contribution in [-0.2, 0) is 13.0 Å². The predicted octanol–water partition coefficient (Wildman–Crippen LogP) is 4.58. The van der Waals surface area contributed by atoms with Crippen LogP contribution in [-0.4, -0.2) is 84.9 Å². The molecule has 2 aromatic heterocycles. The van der Waals surface area contributed by atoms with Gasteiger partial charge in [0.15, 0.2) is 0 Å². The number of anilines is 2. The maximum atomic E-state index is 13.1. The van der Waals surface area contributed by atoms with Crippen LogP contribution in [0.25, 0.3) is 5.57 Å². The van der Waals surface area contributed by atoms with E-state index in [9.17, 15) is 4.79 Å². The maximum Gasteiger partial charge on any atom is 0.256 e. The van der Waals surface area contributed by atoms with Crippen molar-refractivity contribution in [3.8, 4) is 11.5 Å². The number of aliphatic imine (C=N–C) groups is 1. The number of carbonyl (C=O) groups excluding carboxylic acids is 1. The molecule has 4 heterocycles. The number of nitrogens with one attached hydrogen (secondary N) is 2. The zero-order valence-corrected chi connectivity index (χ0v) is 27.1. The van der Waals surface area contributed by atoms with Gasteiger partial charge in [-0.2, -0.15) is 0 Å². The molecule has 5 rings (SSSR count). The minimum Gasteiger partial charge on any atom is -0.492 e. The smallest absolute Gasteiger partial charge is 0.256 e. The molecule has 0 saturated carbocycles. The van der Waals surface area contributed by atoms with Crippen LogP contribution in [0.15, 0.2) is 71.8 Å². The van der Waals surface area contributed by atoms with Gasteiger partial charge in [0.25, 0.3) is 5.91 Å². The summed E-state index contributed by atoms with van der Waals surface area (Å²) in [4.78, 5) is 31.0. The number of piperazine rings is 1. The Morgan fingerprint density at radius 1 is 1.20 bits per heavy atom. The number of hydrogen-bond acceptors (Lipinski definition) is 10. The SMILES string of the molecule is CC/C=C(N)/N=C\C=C(/C)c1cnc(NCc2cccc(C(=O)Nc3ccc(OCC4CN(C)CCN4C)cn3)c2)c2c1OCC2. The van der Waals surface area contributed by atoms with Crippen LogP contribution in [0.1, 0.15) is 47.3 Å². The number of benzene rings is 1. The first kappa shape index (κ1) is 32.6. The summed E-state index contributed by atoms with van der Waals surface area (Å²) in [5.74, 6) is 3.02. The van der Waals surface area contributed by atoms with Crippen molar-refractivity contribution in [2.45, 2.75) is 39.3 Å². The second kappa shape index (κ2) is 15.5. The van der Waals surface area contributed by atoms with Crippen LogP contribution < -0.4 is 25.8 Å². The molecule has 1 fully saturated rings. The van der Waals surface area contributed by atoms with E-state index in [1.807, 2.05) is 56.5 Å². The summed E-state index contributed by atoms with van der Waals surface area (Å²) < 4.78 is 12.0. The Bertz CT molecular complexity index is 1600. The molecule has 2 aliphatic heterocycles. The fourth-order valence-electron chi connectivity index (χ4n) is 5.42. The number of likely N-dealkylation sites (N-methyl/N-ethyl adjacent to an activating group) is 2. The number of rotatable bonds is 12. The molecule has 1 amide bonds. The topological polar surface area (TPSA) is 130 Å². The molecule has 1 atom stereocenters. The third-order valence-electron chi connectivity index (χ3n) is 8.16. The zero-order chi connectivity index (χ0) is 32.5. The number of nitrogens with two attached hydrogens (primary N) is 1. The standard InChI is InChI=1S/C35H44N8O3/c1-5-7-31(36)37-14-12-24(2)30-21-40-34(29-13-17-45-33(29)30)39-19-25-8-6-9-26(18-25)35(44)41-32-11-10-28(20-38-32)46-23-27-22-42(3)15-16-43(27)4/h6-12,14,18,20-21,27H,5,13,15-17,19,22-23,36H2,1-4H3,(H,39,40)(H,38,41,44)/b24-12+,31-7+,37-14-. The first-order valence-corrected chi connectivity index (χ1v) is 15.7. The number of carbonyl (C=O) groups is 1. The van der Waals surface area contributed by atoms with E-state index in [-0.39, 0.29) is 5.91 Å². The molecule has 0 bridgehead atoms. The van der Waals surface area contributed by atoms with E-state index in [1.165, 1.54) is 0 Å². The molecule has 0 aliphatic carbocycles. The molecule has 1 saturated heterocycles. The number of amides is 1. The fourth-order valence-corrected chi connectivity index (χ4v) is 5.42. The van der Waals surface area contributed by atoms with E-state index in [0.29, 0.717) is 48.8 Å². The Morgan fingerprint density at radius 3 is 2.87 bits per heavy atom. The van der Waals surface area contributed by atoms with Crippen molar-refractivity contribution in [1.82, 2.24) is 19.8 Å². The van der Waals surface area contributed by atoms with Gasteiger partial charge in [0.05, 0.1) is 18.8 Å². The highest BCUT2D eigenvalue weighted by atomic mass is 16.5. The lowest BCUT2D eigenvalue weighted by Crippen LogP contribution is -2.52. The van der Waals surface area contributed by atoms with Gasteiger partial charge >= 0.3 is 0 Å². The number of aromatic nitrogens is 2. The predicted molar refractivity (Wildman–Crippen MR) is 184 cm³/mol. The summed E-state index contributed by atoms with van der Waals surface area (Å²) in [5, 5.41) is 6.33. The third kappa shape index (κ3) is 8.49. The molecule has 242 valence electrons. The quantitative estimate of drug-likeness (QED) is 0.248. The largest absolute Gasteiger partial charge is 0.492 e. The van der Waals surface area contributed by atoms with Gasteiger partial charge in [-0.1, -0.05) is 19.1 Å². The van der Waals surface area contributed by atoms with Crippen LogP contribution in [0.5, 0.6) is 11.5 Å². The monoisotopic (exact) mass is 624 g/mol. The molecule has 1 aromatic carbocycles. The van der Waals surface area contributed by atoms with Gasteiger partial charge in [0.1, 0.15) is 35.6 Å². The molecular formula is C35H44N8O3. The number of pyridine rings is 2.